The number of benzene rings is 1. The van der Waals surface area contributed by atoms with Crippen LogP contribution in [0.3, 0.4) is 0 Å². The average Bonchev–Trinajstić information content (AvgIpc) is 2.76. The Bertz CT molecular complexity index is 554. The number of aliphatic hydroxyl groups excluding tert-OH is 1. The number of hydrogen-bond acceptors (Lipinski definition) is 3. The molecule has 1 aromatic carbocycles. The third-order valence-electron chi connectivity index (χ3n) is 2.99. The van der Waals surface area contributed by atoms with E-state index in [1.165, 1.54) is 0 Å². The number of β-amino-alcohol motifs (C(OH)–C–C–N with tert-alkyl or cyclic N) is 1. The van der Waals surface area contributed by atoms with Crippen molar-refractivity contribution < 1.29 is 19.8 Å². The predicted molar refractivity (Wildman–Crippen MR) is 76.9 cm³/mol. The van der Waals surface area contributed by atoms with Crippen LogP contribution in [-0.2, 0) is 4.79 Å². The van der Waals surface area contributed by atoms with E-state index in [-0.39, 0.29) is 13.0 Å². The molecule has 6 nitrogen and oxygen atoms in total. The Morgan fingerprint density at radius 1 is 1.45 bits per heavy atom. The van der Waals surface area contributed by atoms with Crippen LogP contribution >= 0.6 is 27.5 Å². The zero-order valence-corrected chi connectivity index (χ0v) is 12.6. The van der Waals surface area contributed by atoms with Gasteiger partial charge in [0.25, 0.3) is 0 Å². The van der Waals surface area contributed by atoms with E-state index in [1.807, 2.05) is 0 Å². The van der Waals surface area contributed by atoms with Crippen LogP contribution in [0.1, 0.15) is 6.42 Å². The zero-order valence-electron chi connectivity index (χ0n) is 10.2. The maximum Gasteiger partial charge on any atom is 0.326 e. The lowest BCUT2D eigenvalue weighted by Gasteiger charge is -2.22. The van der Waals surface area contributed by atoms with Gasteiger partial charge in [0, 0.05) is 17.4 Å². The number of anilines is 1. The van der Waals surface area contributed by atoms with Gasteiger partial charge < -0.3 is 20.4 Å². The quantitative estimate of drug-likeness (QED) is 0.751. The number of aliphatic carboxylic acids is 1. The number of hydrogen-bond donors (Lipinski definition) is 3. The number of rotatable bonds is 2. The molecular formula is C12H12BrClN2O4. The van der Waals surface area contributed by atoms with Crippen LogP contribution in [0.15, 0.2) is 22.7 Å². The number of likely N-dealkylation sites (tertiary alicyclic amines) is 1. The summed E-state index contributed by atoms with van der Waals surface area (Å²) < 4.78 is 0.730. The van der Waals surface area contributed by atoms with Crippen molar-refractivity contribution in [2.75, 3.05) is 11.9 Å². The second-order valence-corrected chi connectivity index (χ2v) is 5.77. The molecule has 0 spiro atoms. The van der Waals surface area contributed by atoms with Crippen LogP contribution in [0.25, 0.3) is 0 Å². The van der Waals surface area contributed by atoms with E-state index < -0.39 is 24.1 Å². The van der Waals surface area contributed by atoms with Gasteiger partial charge in [-0.05, 0) is 18.2 Å². The van der Waals surface area contributed by atoms with Crippen molar-refractivity contribution in [1.82, 2.24) is 4.90 Å². The number of amides is 2. The SMILES string of the molecule is O=C(O)[C@@H]1CC(O)CN1C(=O)Nc1cc(Br)ccc1Cl. The molecule has 2 rings (SSSR count). The number of carbonyl (C=O) groups excluding carboxylic acids is 1. The van der Waals surface area contributed by atoms with Crippen molar-refractivity contribution in [2.24, 2.45) is 0 Å². The summed E-state index contributed by atoms with van der Waals surface area (Å²) in [6.07, 6.45) is -0.811. The van der Waals surface area contributed by atoms with E-state index >= 15 is 0 Å². The average molecular weight is 364 g/mol. The Balaban J connectivity index is 2.15. The molecule has 1 aliphatic rings. The van der Waals surface area contributed by atoms with Gasteiger partial charge in [-0.3, -0.25) is 0 Å². The van der Waals surface area contributed by atoms with Gasteiger partial charge in [-0.2, -0.15) is 0 Å². The van der Waals surface area contributed by atoms with Gasteiger partial charge in [0.1, 0.15) is 6.04 Å². The summed E-state index contributed by atoms with van der Waals surface area (Å²) in [6.45, 7) is -0.0194. The van der Waals surface area contributed by atoms with Crippen LogP contribution < -0.4 is 5.32 Å². The maximum atomic E-state index is 12.1. The molecule has 3 N–H and O–H groups in total. The van der Waals surface area contributed by atoms with Gasteiger partial charge >= 0.3 is 12.0 Å². The molecule has 108 valence electrons. The molecule has 20 heavy (non-hydrogen) atoms. The number of carbonyl (C=O) groups is 2. The lowest BCUT2D eigenvalue weighted by molar-refractivity contribution is -0.141. The Morgan fingerprint density at radius 2 is 2.15 bits per heavy atom. The van der Waals surface area contributed by atoms with Gasteiger partial charge in [0.15, 0.2) is 0 Å². The minimum atomic E-state index is -1.14. The Labute approximate surface area is 128 Å². The molecule has 1 heterocycles. The molecular weight excluding hydrogens is 351 g/mol. The normalized spacial score (nSPS) is 21.9. The van der Waals surface area contributed by atoms with Gasteiger partial charge in [-0.25, -0.2) is 9.59 Å². The van der Waals surface area contributed by atoms with Crippen LogP contribution in [0.2, 0.25) is 5.02 Å². The second kappa shape index (κ2) is 5.99. The Hall–Kier alpha value is -1.31. The molecule has 1 fully saturated rings. The van der Waals surface area contributed by atoms with Crippen molar-refractivity contribution in [1.29, 1.82) is 0 Å². The van der Waals surface area contributed by atoms with Crippen molar-refractivity contribution >= 4 is 45.2 Å². The first-order valence-electron chi connectivity index (χ1n) is 5.82. The summed E-state index contributed by atoms with van der Waals surface area (Å²) in [6, 6.07) is 3.31. The fourth-order valence-electron chi connectivity index (χ4n) is 2.05. The number of carboxylic acid groups (broad SMARTS) is 1. The third-order valence-corrected chi connectivity index (χ3v) is 3.82. The number of urea groups is 1. The maximum absolute atomic E-state index is 12.1. The van der Waals surface area contributed by atoms with E-state index in [4.69, 9.17) is 16.7 Å². The summed E-state index contributed by atoms with van der Waals surface area (Å²) >= 11 is 9.21. The standard InChI is InChI=1S/C12H12BrClN2O4/c13-6-1-2-8(14)9(3-6)15-12(20)16-5-7(17)4-10(16)11(18)19/h1-3,7,10,17H,4-5H2,(H,15,20)(H,18,19)/t7?,10-/m0/s1. The van der Waals surface area contributed by atoms with Crippen molar-refractivity contribution in [3.05, 3.63) is 27.7 Å². The summed E-state index contributed by atoms with van der Waals surface area (Å²) in [5.74, 6) is -1.14. The van der Waals surface area contributed by atoms with Gasteiger partial charge in [-0.1, -0.05) is 27.5 Å². The zero-order chi connectivity index (χ0) is 14.9. The van der Waals surface area contributed by atoms with Crippen molar-refractivity contribution in [3.63, 3.8) is 0 Å². The lowest BCUT2D eigenvalue weighted by Crippen LogP contribution is -2.43. The smallest absolute Gasteiger partial charge is 0.326 e. The number of nitrogens with zero attached hydrogens (tertiary/aromatic N) is 1. The van der Waals surface area contributed by atoms with E-state index in [9.17, 15) is 14.7 Å². The topological polar surface area (TPSA) is 89.9 Å². The minimum absolute atomic E-state index is 0.0194. The molecule has 1 saturated heterocycles. The highest BCUT2D eigenvalue weighted by molar-refractivity contribution is 9.10. The molecule has 0 saturated carbocycles. The summed E-state index contributed by atoms with van der Waals surface area (Å²) in [7, 11) is 0. The first kappa shape index (κ1) is 15.1. The molecule has 8 heteroatoms. The molecule has 2 amide bonds. The summed E-state index contributed by atoms with van der Waals surface area (Å²) in [5.41, 5.74) is 0.372. The highest BCUT2D eigenvalue weighted by Gasteiger charge is 2.39. The lowest BCUT2D eigenvalue weighted by atomic mass is 10.2. The number of nitrogens with one attached hydrogen (secondary N) is 1. The molecule has 0 radical (unpaired) electrons. The van der Waals surface area contributed by atoms with E-state index in [2.05, 4.69) is 21.2 Å². The van der Waals surface area contributed by atoms with Crippen LogP contribution in [0, 0.1) is 0 Å². The van der Waals surface area contributed by atoms with Crippen molar-refractivity contribution in [3.8, 4) is 0 Å². The van der Waals surface area contributed by atoms with Gasteiger partial charge in [0.2, 0.25) is 0 Å². The molecule has 0 aliphatic carbocycles. The van der Waals surface area contributed by atoms with Gasteiger partial charge in [-0.15, -0.1) is 0 Å². The minimum Gasteiger partial charge on any atom is -0.480 e. The molecule has 0 bridgehead atoms. The van der Waals surface area contributed by atoms with Crippen molar-refractivity contribution in [2.45, 2.75) is 18.6 Å². The van der Waals surface area contributed by atoms with E-state index in [0.717, 1.165) is 9.37 Å². The number of carboxylic acids is 1. The van der Waals surface area contributed by atoms with Crippen LogP contribution in [-0.4, -0.2) is 45.8 Å². The molecule has 2 atom stereocenters. The fourth-order valence-corrected chi connectivity index (χ4v) is 2.58. The highest BCUT2D eigenvalue weighted by atomic mass is 79.9. The molecule has 1 unspecified atom stereocenters. The molecule has 0 aromatic heterocycles. The largest absolute Gasteiger partial charge is 0.480 e. The van der Waals surface area contributed by atoms with Gasteiger partial charge in [0.05, 0.1) is 16.8 Å². The first-order valence-corrected chi connectivity index (χ1v) is 6.99. The fraction of sp³-hybridized carbons (Fsp3) is 0.333. The predicted octanol–water partition coefficient (Wildman–Crippen LogP) is 2.15. The first-order chi connectivity index (χ1) is 9.38. The second-order valence-electron chi connectivity index (χ2n) is 4.45. The third kappa shape index (κ3) is 3.23. The highest BCUT2D eigenvalue weighted by Crippen LogP contribution is 2.27. The summed E-state index contributed by atoms with van der Waals surface area (Å²) in [5, 5.41) is 21.5. The molecule has 1 aliphatic heterocycles. The summed E-state index contributed by atoms with van der Waals surface area (Å²) in [4.78, 5) is 24.3. The number of halogens is 2. The monoisotopic (exact) mass is 362 g/mol. The Kier molecular flexibility index (Phi) is 4.52. The molecule has 1 aromatic rings. The number of aliphatic hydroxyl groups is 1. The van der Waals surface area contributed by atoms with Crippen LogP contribution in [0.4, 0.5) is 10.5 Å². The van der Waals surface area contributed by atoms with Crippen LogP contribution in [0.5, 0.6) is 0 Å². The Morgan fingerprint density at radius 3 is 2.80 bits per heavy atom. The van der Waals surface area contributed by atoms with E-state index in [0.29, 0.717) is 10.7 Å². The van der Waals surface area contributed by atoms with E-state index in [1.54, 1.807) is 18.2 Å².